The van der Waals surface area contributed by atoms with Crippen molar-refractivity contribution >= 4 is 17.8 Å². The van der Waals surface area contributed by atoms with Crippen LogP contribution in [-0.2, 0) is 6.54 Å². The number of aromatic nitrogens is 1. The molecule has 0 saturated carbocycles. The van der Waals surface area contributed by atoms with Gasteiger partial charge < -0.3 is 0 Å². The van der Waals surface area contributed by atoms with Gasteiger partial charge in [-0.25, -0.2) is 0 Å². The molecule has 2 aromatic carbocycles. The SMILES string of the molecule is O=[N+]([O-])c1ccc(C=Cc2cccc[n+]2Cc2ccccc2)cc1. The molecule has 0 amide bonds. The first kappa shape index (κ1) is 15.6. The Labute approximate surface area is 140 Å². The first-order valence-corrected chi connectivity index (χ1v) is 7.67. The molecule has 0 atom stereocenters. The Balaban J connectivity index is 1.81. The quantitative estimate of drug-likeness (QED) is 0.404. The number of nitro groups is 1. The van der Waals surface area contributed by atoms with Crippen molar-refractivity contribution in [1.82, 2.24) is 0 Å². The molecule has 0 radical (unpaired) electrons. The maximum absolute atomic E-state index is 10.7. The van der Waals surface area contributed by atoms with Crippen LogP contribution in [0.15, 0.2) is 79.0 Å². The fourth-order valence-electron chi connectivity index (χ4n) is 2.45. The van der Waals surface area contributed by atoms with Crippen molar-refractivity contribution in [2.75, 3.05) is 0 Å². The second kappa shape index (κ2) is 7.33. The number of rotatable bonds is 5. The summed E-state index contributed by atoms with van der Waals surface area (Å²) in [4.78, 5) is 10.3. The van der Waals surface area contributed by atoms with Crippen LogP contribution < -0.4 is 4.57 Å². The van der Waals surface area contributed by atoms with Gasteiger partial charge in [-0.1, -0.05) is 30.3 Å². The fourth-order valence-corrected chi connectivity index (χ4v) is 2.45. The van der Waals surface area contributed by atoms with Gasteiger partial charge in [-0.3, -0.25) is 10.1 Å². The van der Waals surface area contributed by atoms with Gasteiger partial charge in [0.2, 0.25) is 5.69 Å². The van der Waals surface area contributed by atoms with Crippen LogP contribution in [0.4, 0.5) is 5.69 Å². The maximum atomic E-state index is 10.7. The van der Waals surface area contributed by atoms with E-state index in [9.17, 15) is 10.1 Å². The Bertz CT molecular complexity index is 856. The van der Waals surface area contributed by atoms with Gasteiger partial charge in [0.05, 0.1) is 4.92 Å². The van der Waals surface area contributed by atoms with Crippen LogP contribution in [0.2, 0.25) is 0 Å². The Kier molecular flexibility index (Phi) is 4.77. The summed E-state index contributed by atoms with van der Waals surface area (Å²) in [5.41, 5.74) is 3.33. The molecular formula is C20H17N2O2+. The highest BCUT2D eigenvalue weighted by Crippen LogP contribution is 2.13. The smallest absolute Gasteiger partial charge is 0.258 e. The third kappa shape index (κ3) is 3.93. The van der Waals surface area contributed by atoms with E-state index >= 15 is 0 Å². The van der Waals surface area contributed by atoms with Crippen LogP contribution in [0.5, 0.6) is 0 Å². The van der Waals surface area contributed by atoms with E-state index < -0.39 is 4.92 Å². The predicted octanol–water partition coefficient (Wildman–Crippen LogP) is 4.10. The number of nitrogens with zero attached hydrogens (tertiary/aromatic N) is 2. The van der Waals surface area contributed by atoms with Crippen molar-refractivity contribution in [3.8, 4) is 0 Å². The lowest BCUT2D eigenvalue weighted by molar-refractivity contribution is -0.690. The normalized spacial score (nSPS) is 10.8. The molecule has 0 bridgehead atoms. The maximum Gasteiger partial charge on any atom is 0.269 e. The third-order valence-corrected chi connectivity index (χ3v) is 3.72. The minimum absolute atomic E-state index is 0.103. The number of non-ortho nitro benzene ring substituents is 1. The second-order valence-electron chi connectivity index (χ2n) is 5.42. The van der Waals surface area contributed by atoms with E-state index in [2.05, 4.69) is 16.7 Å². The topological polar surface area (TPSA) is 47.0 Å². The van der Waals surface area contributed by atoms with E-state index in [1.807, 2.05) is 54.7 Å². The van der Waals surface area contributed by atoms with Gasteiger partial charge in [-0.05, 0) is 29.8 Å². The summed E-state index contributed by atoms with van der Waals surface area (Å²) in [5, 5.41) is 10.7. The molecule has 0 aliphatic heterocycles. The summed E-state index contributed by atoms with van der Waals surface area (Å²) >= 11 is 0. The van der Waals surface area contributed by atoms with Crippen molar-refractivity contribution in [3.63, 3.8) is 0 Å². The monoisotopic (exact) mass is 317 g/mol. The van der Waals surface area contributed by atoms with Crippen molar-refractivity contribution in [2.24, 2.45) is 0 Å². The molecule has 1 heterocycles. The minimum Gasteiger partial charge on any atom is -0.258 e. The lowest BCUT2D eigenvalue weighted by Crippen LogP contribution is -2.36. The molecule has 0 fully saturated rings. The second-order valence-corrected chi connectivity index (χ2v) is 5.42. The minimum atomic E-state index is -0.390. The molecule has 0 unspecified atom stereocenters. The van der Waals surface area contributed by atoms with Crippen LogP contribution in [0.1, 0.15) is 16.8 Å². The van der Waals surface area contributed by atoms with E-state index in [1.165, 1.54) is 17.7 Å². The van der Waals surface area contributed by atoms with Gasteiger partial charge in [0.25, 0.3) is 5.69 Å². The molecule has 3 rings (SSSR count). The Morgan fingerprint density at radius 3 is 2.29 bits per heavy atom. The fraction of sp³-hybridized carbons (Fsp3) is 0.0500. The zero-order valence-electron chi connectivity index (χ0n) is 13.1. The molecule has 3 aromatic rings. The summed E-state index contributed by atoms with van der Waals surface area (Å²) < 4.78 is 2.16. The zero-order valence-corrected chi connectivity index (χ0v) is 13.1. The largest absolute Gasteiger partial charge is 0.269 e. The summed E-state index contributed by atoms with van der Waals surface area (Å²) in [6.45, 7) is 0.793. The summed E-state index contributed by atoms with van der Waals surface area (Å²) in [6.07, 6.45) is 6.02. The van der Waals surface area contributed by atoms with Crippen molar-refractivity contribution < 1.29 is 9.49 Å². The van der Waals surface area contributed by atoms with Crippen LogP contribution in [0, 0.1) is 10.1 Å². The average Bonchev–Trinajstić information content (AvgIpc) is 2.62. The molecule has 0 aliphatic rings. The van der Waals surface area contributed by atoms with Crippen molar-refractivity contribution in [2.45, 2.75) is 6.54 Å². The first-order valence-electron chi connectivity index (χ1n) is 7.67. The molecule has 4 nitrogen and oxygen atoms in total. The van der Waals surface area contributed by atoms with Gasteiger partial charge in [-0.15, -0.1) is 0 Å². The molecule has 1 aromatic heterocycles. The van der Waals surface area contributed by atoms with Crippen LogP contribution in [-0.4, -0.2) is 4.92 Å². The van der Waals surface area contributed by atoms with Crippen molar-refractivity contribution in [1.29, 1.82) is 0 Å². The lowest BCUT2D eigenvalue weighted by Gasteiger charge is -2.01. The third-order valence-electron chi connectivity index (χ3n) is 3.72. The van der Waals surface area contributed by atoms with Crippen LogP contribution in [0.3, 0.4) is 0 Å². The van der Waals surface area contributed by atoms with Gasteiger partial charge in [-0.2, -0.15) is 4.57 Å². The van der Waals surface area contributed by atoms with Gasteiger partial charge in [0.1, 0.15) is 0 Å². The summed E-state index contributed by atoms with van der Waals surface area (Å²) in [5.74, 6) is 0. The first-order chi connectivity index (χ1) is 11.7. The van der Waals surface area contributed by atoms with E-state index in [1.54, 1.807) is 12.1 Å². The summed E-state index contributed by atoms with van der Waals surface area (Å²) in [7, 11) is 0. The summed E-state index contributed by atoms with van der Waals surface area (Å²) in [6, 6.07) is 22.9. The number of hydrogen-bond acceptors (Lipinski definition) is 2. The Morgan fingerprint density at radius 2 is 1.58 bits per heavy atom. The molecule has 0 spiro atoms. The lowest BCUT2D eigenvalue weighted by atomic mass is 10.1. The standard InChI is InChI=1S/C20H17N2O2/c23-22(24)20-13-10-17(11-14-20)9-12-19-8-4-5-15-21(19)16-18-6-2-1-3-7-18/h1-15H,16H2/q+1. The zero-order chi connectivity index (χ0) is 16.8. The van der Waals surface area contributed by atoms with Gasteiger partial charge >= 0.3 is 0 Å². The van der Waals surface area contributed by atoms with E-state index in [4.69, 9.17) is 0 Å². The Hall–Kier alpha value is -3.27. The predicted molar refractivity (Wildman–Crippen MR) is 94.2 cm³/mol. The molecule has 118 valence electrons. The number of nitro benzene ring substituents is 1. The van der Waals surface area contributed by atoms with E-state index in [0.29, 0.717) is 0 Å². The van der Waals surface area contributed by atoms with Crippen LogP contribution in [0.25, 0.3) is 12.2 Å². The number of benzene rings is 2. The van der Waals surface area contributed by atoms with Crippen LogP contribution >= 0.6 is 0 Å². The highest BCUT2D eigenvalue weighted by molar-refractivity contribution is 5.67. The number of pyridine rings is 1. The highest BCUT2D eigenvalue weighted by atomic mass is 16.6. The molecular weight excluding hydrogens is 300 g/mol. The molecule has 0 saturated heterocycles. The molecule has 0 aliphatic carbocycles. The molecule has 0 N–H and O–H groups in total. The molecule has 4 heteroatoms. The number of hydrogen-bond donors (Lipinski definition) is 0. The highest BCUT2D eigenvalue weighted by Gasteiger charge is 2.07. The average molecular weight is 317 g/mol. The molecule has 24 heavy (non-hydrogen) atoms. The van der Waals surface area contributed by atoms with Gasteiger partial charge in [0.15, 0.2) is 12.7 Å². The van der Waals surface area contributed by atoms with Gasteiger partial charge in [0, 0.05) is 35.9 Å². The van der Waals surface area contributed by atoms with Crippen molar-refractivity contribution in [3.05, 3.63) is 106 Å². The van der Waals surface area contributed by atoms with E-state index in [-0.39, 0.29) is 5.69 Å². The Morgan fingerprint density at radius 1 is 0.875 bits per heavy atom. The van der Waals surface area contributed by atoms with E-state index in [0.717, 1.165) is 17.8 Å².